The zero-order valence-electron chi connectivity index (χ0n) is 16.9. The summed E-state index contributed by atoms with van der Waals surface area (Å²) in [6.07, 6.45) is 0. The Morgan fingerprint density at radius 1 is 1.00 bits per heavy atom. The minimum absolute atomic E-state index is 0.00426. The molecule has 1 aliphatic heterocycles. The molecule has 0 radical (unpaired) electrons. The molecule has 0 aliphatic carbocycles. The van der Waals surface area contributed by atoms with Gasteiger partial charge in [-0.1, -0.05) is 42.0 Å². The van der Waals surface area contributed by atoms with E-state index in [1.165, 1.54) is 33.6 Å². The minimum atomic E-state index is -0.865. The third-order valence-electron chi connectivity index (χ3n) is 5.51. The SMILES string of the molecule is Cc1ccc([C@H](CNC(=O)C(=O)Nc2ccccc2F)[NH+]2CC[NH+](C)CC2)cc1. The molecule has 2 aromatic carbocycles. The number of nitrogens with one attached hydrogen (secondary N) is 4. The van der Waals surface area contributed by atoms with E-state index in [0.717, 1.165) is 31.7 Å². The molecule has 6 nitrogen and oxygen atoms in total. The number of aryl methyl sites for hydroxylation is 1. The number of rotatable bonds is 5. The fourth-order valence-corrected chi connectivity index (χ4v) is 3.66. The smallest absolute Gasteiger partial charge is 0.313 e. The normalized spacial score (nSPS) is 20.0. The lowest BCUT2D eigenvalue weighted by Gasteiger charge is -2.33. The number of carbonyl (C=O) groups is 2. The van der Waals surface area contributed by atoms with Crippen LogP contribution in [-0.4, -0.2) is 51.6 Å². The molecule has 0 bridgehead atoms. The zero-order chi connectivity index (χ0) is 20.8. The van der Waals surface area contributed by atoms with Crippen LogP contribution >= 0.6 is 0 Å². The van der Waals surface area contributed by atoms with E-state index < -0.39 is 17.6 Å². The average molecular weight is 400 g/mol. The zero-order valence-corrected chi connectivity index (χ0v) is 16.9. The highest BCUT2D eigenvalue weighted by Crippen LogP contribution is 2.13. The Balaban J connectivity index is 1.65. The third kappa shape index (κ3) is 5.62. The van der Waals surface area contributed by atoms with Crippen LogP contribution in [0.1, 0.15) is 17.2 Å². The summed E-state index contributed by atoms with van der Waals surface area (Å²) in [4.78, 5) is 27.4. The van der Waals surface area contributed by atoms with E-state index in [1.54, 1.807) is 6.07 Å². The molecule has 7 heteroatoms. The Labute approximate surface area is 170 Å². The van der Waals surface area contributed by atoms with Gasteiger partial charge in [0.2, 0.25) is 0 Å². The predicted molar refractivity (Wildman–Crippen MR) is 109 cm³/mol. The van der Waals surface area contributed by atoms with Crippen LogP contribution in [0, 0.1) is 12.7 Å². The van der Waals surface area contributed by atoms with Gasteiger partial charge in [0, 0.05) is 5.56 Å². The second-order valence-electron chi connectivity index (χ2n) is 7.72. The summed E-state index contributed by atoms with van der Waals surface area (Å²) in [5.74, 6) is -2.20. The van der Waals surface area contributed by atoms with Crippen LogP contribution in [0.5, 0.6) is 0 Å². The quantitative estimate of drug-likeness (QED) is 0.504. The number of amides is 2. The summed E-state index contributed by atoms with van der Waals surface area (Å²) in [6.45, 7) is 6.53. The molecule has 3 rings (SSSR count). The van der Waals surface area contributed by atoms with Crippen molar-refractivity contribution in [2.75, 3.05) is 45.1 Å². The fraction of sp³-hybridized carbons (Fsp3) is 0.364. The first-order chi connectivity index (χ1) is 13.9. The van der Waals surface area contributed by atoms with Gasteiger partial charge < -0.3 is 20.4 Å². The summed E-state index contributed by atoms with van der Waals surface area (Å²) in [7, 11) is 2.19. The number of para-hydroxylation sites is 1. The summed E-state index contributed by atoms with van der Waals surface area (Å²) >= 11 is 0. The highest BCUT2D eigenvalue weighted by molar-refractivity contribution is 6.39. The van der Waals surface area contributed by atoms with Crippen LogP contribution in [0.15, 0.2) is 48.5 Å². The van der Waals surface area contributed by atoms with E-state index in [-0.39, 0.29) is 11.7 Å². The van der Waals surface area contributed by atoms with E-state index in [0.29, 0.717) is 6.54 Å². The van der Waals surface area contributed by atoms with Crippen molar-refractivity contribution in [3.63, 3.8) is 0 Å². The Bertz CT molecular complexity index is 848. The van der Waals surface area contributed by atoms with Crippen molar-refractivity contribution in [1.82, 2.24) is 5.32 Å². The largest absolute Gasteiger partial charge is 0.341 e. The predicted octanol–water partition coefficient (Wildman–Crippen LogP) is -0.657. The first-order valence-electron chi connectivity index (χ1n) is 10.00. The molecule has 1 aliphatic rings. The molecule has 0 saturated carbocycles. The van der Waals surface area contributed by atoms with Gasteiger partial charge in [0.1, 0.15) is 38.0 Å². The Hall–Kier alpha value is -2.77. The van der Waals surface area contributed by atoms with Crippen LogP contribution in [-0.2, 0) is 9.59 Å². The van der Waals surface area contributed by atoms with Crippen molar-refractivity contribution >= 4 is 17.5 Å². The second kappa shape index (κ2) is 9.62. The molecule has 154 valence electrons. The number of carbonyl (C=O) groups excluding carboxylic acids is 2. The highest BCUT2D eigenvalue weighted by atomic mass is 19.1. The lowest BCUT2D eigenvalue weighted by Crippen LogP contribution is -3.27. The number of piperazine rings is 1. The second-order valence-corrected chi connectivity index (χ2v) is 7.72. The van der Waals surface area contributed by atoms with E-state index in [2.05, 4.69) is 41.9 Å². The van der Waals surface area contributed by atoms with Crippen molar-refractivity contribution in [2.24, 2.45) is 0 Å². The van der Waals surface area contributed by atoms with Gasteiger partial charge in [-0.2, -0.15) is 0 Å². The van der Waals surface area contributed by atoms with Crippen LogP contribution < -0.4 is 20.4 Å². The molecular formula is C22H29FN4O2+2. The Morgan fingerprint density at radius 3 is 2.31 bits per heavy atom. The summed E-state index contributed by atoms with van der Waals surface area (Å²) in [5, 5.41) is 5.07. The standard InChI is InChI=1S/C22H27FN4O2/c1-16-7-9-17(10-8-16)20(27-13-11-26(2)12-14-27)15-24-21(28)22(29)25-19-6-4-3-5-18(19)23/h3-10,20H,11-15H2,1-2H3,(H,24,28)(H,25,29)/p+2/t20-/m0/s1. The molecule has 1 atom stereocenters. The first kappa shape index (κ1) is 21.0. The molecule has 4 N–H and O–H groups in total. The molecule has 0 aromatic heterocycles. The molecular weight excluding hydrogens is 371 g/mol. The van der Waals surface area contributed by atoms with Crippen molar-refractivity contribution in [3.8, 4) is 0 Å². The molecule has 2 aromatic rings. The van der Waals surface area contributed by atoms with Gasteiger partial charge in [-0.05, 0) is 19.1 Å². The molecule has 1 fully saturated rings. The maximum absolute atomic E-state index is 13.7. The van der Waals surface area contributed by atoms with Gasteiger partial charge in [-0.25, -0.2) is 4.39 Å². The van der Waals surface area contributed by atoms with Gasteiger partial charge in [-0.15, -0.1) is 0 Å². The van der Waals surface area contributed by atoms with E-state index >= 15 is 0 Å². The van der Waals surface area contributed by atoms with Gasteiger partial charge in [-0.3, -0.25) is 9.59 Å². The Morgan fingerprint density at radius 2 is 1.66 bits per heavy atom. The number of quaternary nitrogens is 2. The number of likely N-dealkylation sites (N-methyl/N-ethyl adjacent to an activating group) is 1. The van der Waals surface area contributed by atoms with E-state index in [1.807, 2.05) is 6.92 Å². The number of halogens is 1. The van der Waals surface area contributed by atoms with Crippen LogP contribution in [0.3, 0.4) is 0 Å². The van der Waals surface area contributed by atoms with Crippen LogP contribution in [0.25, 0.3) is 0 Å². The van der Waals surface area contributed by atoms with Gasteiger partial charge >= 0.3 is 11.8 Å². The monoisotopic (exact) mass is 400 g/mol. The number of benzene rings is 2. The van der Waals surface area contributed by atoms with Crippen molar-refractivity contribution in [2.45, 2.75) is 13.0 Å². The van der Waals surface area contributed by atoms with Crippen LogP contribution in [0.4, 0.5) is 10.1 Å². The van der Waals surface area contributed by atoms with Crippen LogP contribution in [0.2, 0.25) is 0 Å². The first-order valence-corrected chi connectivity index (χ1v) is 10.00. The van der Waals surface area contributed by atoms with Crippen molar-refractivity contribution < 1.29 is 23.8 Å². The lowest BCUT2D eigenvalue weighted by atomic mass is 10.0. The third-order valence-corrected chi connectivity index (χ3v) is 5.51. The maximum Gasteiger partial charge on any atom is 0.313 e. The fourth-order valence-electron chi connectivity index (χ4n) is 3.66. The molecule has 29 heavy (non-hydrogen) atoms. The molecule has 1 saturated heterocycles. The van der Waals surface area contributed by atoms with Gasteiger partial charge in [0.15, 0.2) is 0 Å². The molecule has 2 amide bonds. The minimum Gasteiger partial charge on any atom is -0.341 e. The molecule has 1 heterocycles. The van der Waals surface area contributed by atoms with Crippen molar-refractivity contribution in [1.29, 1.82) is 0 Å². The number of hydrogen-bond acceptors (Lipinski definition) is 2. The maximum atomic E-state index is 13.7. The lowest BCUT2D eigenvalue weighted by molar-refractivity contribution is -1.02. The highest BCUT2D eigenvalue weighted by Gasteiger charge is 2.30. The Kier molecular flexibility index (Phi) is 6.95. The molecule has 0 spiro atoms. The van der Waals surface area contributed by atoms with E-state index in [4.69, 9.17) is 0 Å². The summed E-state index contributed by atoms with van der Waals surface area (Å²) in [6, 6.07) is 14.2. The topological polar surface area (TPSA) is 67.1 Å². The van der Waals surface area contributed by atoms with E-state index in [9.17, 15) is 14.0 Å². The molecule has 0 unspecified atom stereocenters. The average Bonchev–Trinajstić information content (AvgIpc) is 2.72. The summed E-state index contributed by atoms with van der Waals surface area (Å²) in [5.41, 5.74) is 2.31. The number of anilines is 1. The number of hydrogen-bond donors (Lipinski definition) is 4. The van der Waals surface area contributed by atoms with Gasteiger partial charge in [0.25, 0.3) is 0 Å². The summed E-state index contributed by atoms with van der Waals surface area (Å²) < 4.78 is 13.7. The van der Waals surface area contributed by atoms with Gasteiger partial charge in [0.05, 0.1) is 19.3 Å². The van der Waals surface area contributed by atoms with Crippen molar-refractivity contribution in [3.05, 3.63) is 65.5 Å².